The number of halogens is 1. The number of fused-ring (bicyclic) bond motifs is 2. The van der Waals surface area contributed by atoms with E-state index in [1.807, 2.05) is 36.4 Å². The molecule has 4 aromatic rings. The first-order valence-corrected chi connectivity index (χ1v) is 7.77. The molecule has 1 heterocycles. The second-order valence-corrected chi connectivity index (χ2v) is 5.74. The van der Waals surface area contributed by atoms with E-state index in [0.29, 0.717) is 16.6 Å². The van der Waals surface area contributed by atoms with E-state index in [1.54, 1.807) is 12.1 Å². The van der Waals surface area contributed by atoms with Crippen LogP contribution in [0.5, 0.6) is 0 Å². The quantitative estimate of drug-likeness (QED) is 0.591. The molecule has 122 valence electrons. The highest BCUT2D eigenvalue weighted by Crippen LogP contribution is 2.22. The zero-order chi connectivity index (χ0) is 17.4. The number of carbonyl (C=O) groups is 1. The molecule has 5 heteroatoms. The van der Waals surface area contributed by atoms with Gasteiger partial charge in [-0.05, 0) is 40.6 Å². The van der Waals surface area contributed by atoms with Crippen molar-refractivity contribution in [1.29, 1.82) is 0 Å². The molecule has 4 rings (SSSR count). The van der Waals surface area contributed by atoms with Gasteiger partial charge in [-0.25, -0.2) is 9.18 Å². The lowest BCUT2D eigenvalue weighted by Gasteiger charge is -1.99. The Morgan fingerprint density at radius 2 is 1.80 bits per heavy atom. The monoisotopic (exact) mass is 331 g/mol. The first kappa shape index (κ1) is 15.1. The van der Waals surface area contributed by atoms with Crippen LogP contribution in [-0.2, 0) is 0 Å². The average molecular weight is 331 g/mol. The van der Waals surface area contributed by atoms with Gasteiger partial charge in [0, 0.05) is 11.5 Å². The Morgan fingerprint density at radius 3 is 2.60 bits per heavy atom. The fourth-order valence-corrected chi connectivity index (χ4v) is 2.89. The molecule has 0 spiro atoms. The van der Waals surface area contributed by atoms with E-state index in [1.165, 1.54) is 17.5 Å². The van der Waals surface area contributed by atoms with Gasteiger partial charge >= 0.3 is 6.03 Å². The van der Waals surface area contributed by atoms with Gasteiger partial charge < -0.3 is 5.73 Å². The largest absolute Gasteiger partial charge is 0.350 e. The number of nitrogens with two attached hydrogens (primary N) is 1. The minimum atomic E-state index is -0.749. The average Bonchev–Trinajstić information content (AvgIpc) is 2.98. The number of hydrogen-bond donors (Lipinski definition) is 1. The fraction of sp³-hybridized carbons (Fsp3) is 0. The van der Waals surface area contributed by atoms with Crippen molar-refractivity contribution in [3.63, 3.8) is 0 Å². The fourth-order valence-electron chi connectivity index (χ4n) is 2.89. The summed E-state index contributed by atoms with van der Waals surface area (Å²) in [4.78, 5) is 11.5. The van der Waals surface area contributed by atoms with E-state index in [4.69, 9.17) is 5.73 Å². The molecule has 0 atom stereocenters. The Morgan fingerprint density at radius 1 is 1.00 bits per heavy atom. The number of benzene rings is 3. The zero-order valence-electron chi connectivity index (χ0n) is 13.2. The van der Waals surface area contributed by atoms with Crippen molar-refractivity contribution in [1.82, 2.24) is 9.78 Å². The van der Waals surface area contributed by atoms with Crippen molar-refractivity contribution in [2.45, 2.75) is 0 Å². The topological polar surface area (TPSA) is 60.9 Å². The van der Waals surface area contributed by atoms with Crippen molar-refractivity contribution >= 4 is 39.9 Å². The molecule has 4 nitrogen and oxygen atoms in total. The maximum atomic E-state index is 13.5. The number of primary amides is 1. The van der Waals surface area contributed by atoms with Gasteiger partial charge in [0.05, 0.1) is 11.2 Å². The predicted octanol–water partition coefficient (Wildman–Crippen LogP) is 4.43. The van der Waals surface area contributed by atoms with Gasteiger partial charge in [-0.1, -0.05) is 42.5 Å². The predicted molar refractivity (Wildman–Crippen MR) is 97.5 cm³/mol. The number of rotatable bonds is 2. The minimum absolute atomic E-state index is 0.352. The van der Waals surface area contributed by atoms with Crippen LogP contribution >= 0.6 is 0 Å². The van der Waals surface area contributed by atoms with E-state index in [2.05, 4.69) is 17.2 Å². The minimum Gasteiger partial charge on any atom is -0.350 e. The van der Waals surface area contributed by atoms with Gasteiger partial charge in [0.1, 0.15) is 5.82 Å². The van der Waals surface area contributed by atoms with Crippen molar-refractivity contribution in [3.8, 4) is 0 Å². The first-order chi connectivity index (χ1) is 12.1. The molecule has 0 radical (unpaired) electrons. The third-order valence-electron chi connectivity index (χ3n) is 4.09. The van der Waals surface area contributed by atoms with Crippen LogP contribution in [0.25, 0.3) is 33.8 Å². The Bertz CT molecular complexity index is 1140. The van der Waals surface area contributed by atoms with Gasteiger partial charge in [-0.2, -0.15) is 9.78 Å². The van der Waals surface area contributed by atoms with Crippen LogP contribution in [0.1, 0.15) is 11.3 Å². The summed E-state index contributed by atoms with van der Waals surface area (Å²) in [5.41, 5.74) is 7.24. The van der Waals surface area contributed by atoms with Gasteiger partial charge in [0.2, 0.25) is 0 Å². The van der Waals surface area contributed by atoms with E-state index in [9.17, 15) is 9.18 Å². The summed E-state index contributed by atoms with van der Waals surface area (Å²) in [5.74, 6) is -0.444. The summed E-state index contributed by atoms with van der Waals surface area (Å²) in [6.07, 6.45) is 3.70. The molecule has 1 aromatic heterocycles. The van der Waals surface area contributed by atoms with Crippen LogP contribution in [0.3, 0.4) is 0 Å². The summed E-state index contributed by atoms with van der Waals surface area (Å²) < 4.78 is 14.5. The molecule has 0 aliphatic heterocycles. The number of nitrogens with zero attached hydrogens (tertiary/aromatic N) is 2. The first-order valence-electron chi connectivity index (χ1n) is 7.77. The summed E-state index contributed by atoms with van der Waals surface area (Å²) in [7, 11) is 0. The van der Waals surface area contributed by atoms with Gasteiger partial charge in [-0.3, -0.25) is 0 Å². The summed E-state index contributed by atoms with van der Waals surface area (Å²) in [5, 5.41) is 7.16. The van der Waals surface area contributed by atoms with Gasteiger partial charge in [0.25, 0.3) is 0 Å². The van der Waals surface area contributed by atoms with Gasteiger partial charge in [0.15, 0.2) is 0 Å². The smallest absolute Gasteiger partial charge is 0.340 e. The zero-order valence-corrected chi connectivity index (χ0v) is 13.2. The lowest BCUT2D eigenvalue weighted by molar-refractivity contribution is 0.248. The normalized spacial score (nSPS) is 11.6. The Hall–Kier alpha value is -3.47. The highest BCUT2D eigenvalue weighted by Gasteiger charge is 2.12. The molecule has 0 aliphatic rings. The van der Waals surface area contributed by atoms with Crippen molar-refractivity contribution in [2.24, 2.45) is 5.73 Å². The molecule has 0 aliphatic carbocycles. The molecule has 0 unspecified atom stereocenters. The number of aromatic nitrogens is 2. The Balaban J connectivity index is 1.78. The van der Waals surface area contributed by atoms with Crippen LogP contribution in [0.15, 0.2) is 60.7 Å². The van der Waals surface area contributed by atoms with Crippen LogP contribution in [0.4, 0.5) is 9.18 Å². The standard InChI is InChI=1S/C20H14FN3O/c21-16-8-9-17-18(23-24(20(22)25)19(17)12-16)10-6-13-5-7-14-3-1-2-4-15(14)11-13/h1-12H,(H2,22,25). The third-order valence-corrected chi connectivity index (χ3v) is 4.09. The molecule has 0 saturated carbocycles. The van der Waals surface area contributed by atoms with Crippen LogP contribution < -0.4 is 5.73 Å². The molecular formula is C20H14FN3O. The van der Waals surface area contributed by atoms with Crippen LogP contribution in [0.2, 0.25) is 0 Å². The van der Waals surface area contributed by atoms with Crippen molar-refractivity contribution in [2.75, 3.05) is 0 Å². The SMILES string of the molecule is NC(=O)n1nc(C=Cc2ccc3ccccc3c2)c2ccc(F)cc21. The Kier molecular flexibility index (Phi) is 3.54. The summed E-state index contributed by atoms with van der Waals surface area (Å²) in [6, 6.07) is 17.6. The van der Waals surface area contributed by atoms with E-state index in [-0.39, 0.29) is 0 Å². The second kappa shape index (κ2) is 5.87. The highest BCUT2D eigenvalue weighted by molar-refractivity contribution is 5.95. The number of hydrogen-bond acceptors (Lipinski definition) is 2. The maximum Gasteiger partial charge on any atom is 0.340 e. The lowest BCUT2D eigenvalue weighted by Crippen LogP contribution is -2.20. The molecular weight excluding hydrogens is 317 g/mol. The van der Waals surface area contributed by atoms with Crippen LogP contribution in [0, 0.1) is 5.82 Å². The van der Waals surface area contributed by atoms with Crippen LogP contribution in [-0.4, -0.2) is 15.8 Å². The molecule has 2 N–H and O–H groups in total. The molecule has 25 heavy (non-hydrogen) atoms. The number of carbonyl (C=O) groups excluding carboxylic acids is 1. The highest BCUT2D eigenvalue weighted by atomic mass is 19.1. The molecule has 0 saturated heterocycles. The van der Waals surface area contributed by atoms with E-state index < -0.39 is 11.8 Å². The summed E-state index contributed by atoms with van der Waals surface area (Å²) >= 11 is 0. The Labute approximate surface area is 143 Å². The molecule has 0 bridgehead atoms. The molecule has 0 fully saturated rings. The third kappa shape index (κ3) is 2.76. The van der Waals surface area contributed by atoms with Crippen molar-refractivity contribution in [3.05, 3.63) is 77.7 Å². The second-order valence-electron chi connectivity index (χ2n) is 5.74. The number of amides is 1. The molecule has 1 amide bonds. The van der Waals surface area contributed by atoms with Crippen molar-refractivity contribution < 1.29 is 9.18 Å². The summed E-state index contributed by atoms with van der Waals surface area (Å²) in [6.45, 7) is 0. The van der Waals surface area contributed by atoms with E-state index in [0.717, 1.165) is 15.6 Å². The van der Waals surface area contributed by atoms with Gasteiger partial charge in [-0.15, -0.1) is 0 Å². The molecule has 3 aromatic carbocycles. The lowest BCUT2D eigenvalue weighted by atomic mass is 10.1. The maximum absolute atomic E-state index is 13.5. The van der Waals surface area contributed by atoms with E-state index >= 15 is 0 Å².